The number of aryl methyl sites for hydroxylation is 1. The number of hydrogen-bond donors (Lipinski definition) is 1. The Labute approximate surface area is 178 Å². The number of amides is 2. The molecule has 1 aromatic carbocycles. The van der Waals surface area contributed by atoms with Crippen molar-refractivity contribution >= 4 is 43.3 Å². The number of carbonyl (C=O) groups excluding carboxylic acids is 2. The average molecular weight is 427 g/mol. The third-order valence-electron chi connectivity index (χ3n) is 5.66. The number of hydrogen-bond acceptors (Lipinski definition) is 5. The van der Waals surface area contributed by atoms with Gasteiger partial charge in [-0.05, 0) is 32.3 Å². The van der Waals surface area contributed by atoms with Crippen LogP contribution in [0.5, 0.6) is 0 Å². The molecule has 0 bridgehead atoms. The SMILES string of the molecule is CC[C@@H](C(=O)NCCCN1CCCC1=O)n1nc(C)c2sc3ccccc3c2c1=O. The summed E-state index contributed by atoms with van der Waals surface area (Å²) >= 11 is 1.56. The van der Waals surface area contributed by atoms with Crippen LogP contribution < -0.4 is 10.9 Å². The molecule has 1 atom stereocenters. The summed E-state index contributed by atoms with van der Waals surface area (Å²) in [6, 6.07) is 7.16. The minimum absolute atomic E-state index is 0.190. The molecule has 158 valence electrons. The van der Waals surface area contributed by atoms with Gasteiger partial charge in [0.1, 0.15) is 6.04 Å². The van der Waals surface area contributed by atoms with E-state index in [1.165, 1.54) is 4.68 Å². The highest BCUT2D eigenvalue weighted by Gasteiger charge is 2.24. The van der Waals surface area contributed by atoms with Gasteiger partial charge in [-0.3, -0.25) is 14.4 Å². The molecule has 4 rings (SSSR count). The molecule has 0 saturated carbocycles. The zero-order valence-corrected chi connectivity index (χ0v) is 18.1. The molecule has 1 aliphatic heterocycles. The summed E-state index contributed by atoms with van der Waals surface area (Å²) in [5.74, 6) is -0.0200. The summed E-state index contributed by atoms with van der Waals surface area (Å²) in [5, 5.41) is 8.96. The van der Waals surface area contributed by atoms with Gasteiger partial charge in [-0.25, -0.2) is 4.68 Å². The third kappa shape index (κ3) is 3.71. The van der Waals surface area contributed by atoms with Crippen LogP contribution in [0.1, 0.15) is 44.3 Å². The van der Waals surface area contributed by atoms with Crippen LogP contribution in [-0.2, 0) is 9.59 Å². The van der Waals surface area contributed by atoms with E-state index < -0.39 is 6.04 Å². The van der Waals surface area contributed by atoms with E-state index in [1.807, 2.05) is 43.0 Å². The second-order valence-corrected chi connectivity index (χ2v) is 8.74. The maximum Gasteiger partial charge on any atom is 0.276 e. The normalized spacial score (nSPS) is 15.3. The first-order valence-corrected chi connectivity index (χ1v) is 11.3. The lowest BCUT2D eigenvalue weighted by molar-refractivity contribution is -0.127. The lowest BCUT2D eigenvalue weighted by atomic mass is 10.1. The average Bonchev–Trinajstić information content (AvgIpc) is 3.33. The van der Waals surface area contributed by atoms with Gasteiger partial charge in [0.05, 0.1) is 15.8 Å². The van der Waals surface area contributed by atoms with Gasteiger partial charge < -0.3 is 10.2 Å². The largest absolute Gasteiger partial charge is 0.354 e. The quantitative estimate of drug-likeness (QED) is 0.589. The van der Waals surface area contributed by atoms with Gasteiger partial charge in [0, 0.05) is 36.1 Å². The van der Waals surface area contributed by atoms with Gasteiger partial charge >= 0.3 is 0 Å². The molecule has 1 aliphatic rings. The Hall–Kier alpha value is -2.74. The van der Waals surface area contributed by atoms with Gasteiger partial charge in [-0.15, -0.1) is 11.3 Å². The Morgan fingerprint density at radius 1 is 1.30 bits per heavy atom. The standard InChI is InChI=1S/C22H26N4O3S/c1-3-16(21(28)23-11-7-13-25-12-6-10-18(25)27)26-22(29)19-15-8-4-5-9-17(15)30-20(19)14(2)24-26/h4-5,8-9,16H,3,6-7,10-13H2,1-2H3,(H,23,28)/t16-/m0/s1. The maximum absolute atomic E-state index is 13.3. The molecule has 2 aromatic heterocycles. The summed E-state index contributed by atoms with van der Waals surface area (Å²) in [6.07, 6.45) is 2.70. The molecule has 1 N–H and O–H groups in total. The highest BCUT2D eigenvalue weighted by atomic mass is 32.1. The van der Waals surface area contributed by atoms with E-state index in [1.54, 1.807) is 11.3 Å². The van der Waals surface area contributed by atoms with Crippen LogP contribution in [0.15, 0.2) is 29.1 Å². The van der Waals surface area contributed by atoms with Crippen molar-refractivity contribution in [2.45, 2.75) is 45.6 Å². The van der Waals surface area contributed by atoms with Gasteiger partial charge in [0.25, 0.3) is 5.56 Å². The van der Waals surface area contributed by atoms with Crippen LogP contribution in [0.3, 0.4) is 0 Å². The molecule has 2 amide bonds. The van der Waals surface area contributed by atoms with E-state index in [-0.39, 0.29) is 17.4 Å². The molecule has 1 fully saturated rings. The lowest BCUT2D eigenvalue weighted by Gasteiger charge is -2.19. The topological polar surface area (TPSA) is 84.3 Å². The first-order valence-electron chi connectivity index (χ1n) is 10.5. The molecule has 3 aromatic rings. The second-order valence-electron chi connectivity index (χ2n) is 7.69. The summed E-state index contributed by atoms with van der Waals surface area (Å²) in [4.78, 5) is 39.7. The first-order chi connectivity index (χ1) is 14.5. The van der Waals surface area contributed by atoms with Crippen molar-refractivity contribution in [3.05, 3.63) is 40.3 Å². The zero-order chi connectivity index (χ0) is 21.3. The fourth-order valence-electron chi connectivity index (χ4n) is 4.10. The van der Waals surface area contributed by atoms with Crippen molar-refractivity contribution < 1.29 is 9.59 Å². The van der Waals surface area contributed by atoms with E-state index in [4.69, 9.17) is 0 Å². The lowest BCUT2D eigenvalue weighted by Crippen LogP contribution is -2.39. The number of aromatic nitrogens is 2. The Morgan fingerprint density at radius 2 is 2.10 bits per heavy atom. The number of nitrogens with one attached hydrogen (secondary N) is 1. The molecular formula is C22H26N4O3S. The van der Waals surface area contributed by atoms with Crippen molar-refractivity contribution in [3.63, 3.8) is 0 Å². The van der Waals surface area contributed by atoms with E-state index in [9.17, 15) is 14.4 Å². The van der Waals surface area contributed by atoms with Crippen molar-refractivity contribution in [2.24, 2.45) is 0 Å². The number of carbonyl (C=O) groups is 2. The Morgan fingerprint density at radius 3 is 2.83 bits per heavy atom. The minimum Gasteiger partial charge on any atom is -0.354 e. The van der Waals surface area contributed by atoms with Gasteiger partial charge in [0.15, 0.2) is 0 Å². The molecule has 8 heteroatoms. The monoisotopic (exact) mass is 426 g/mol. The zero-order valence-electron chi connectivity index (χ0n) is 17.3. The summed E-state index contributed by atoms with van der Waals surface area (Å²) < 4.78 is 3.26. The van der Waals surface area contributed by atoms with E-state index in [0.29, 0.717) is 37.7 Å². The number of benzene rings is 1. The van der Waals surface area contributed by atoms with Crippen LogP contribution in [0.4, 0.5) is 0 Å². The van der Waals surface area contributed by atoms with Crippen LogP contribution >= 0.6 is 11.3 Å². The van der Waals surface area contributed by atoms with Crippen molar-refractivity contribution in [3.8, 4) is 0 Å². The fraction of sp³-hybridized carbons (Fsp3) is 0.455. The summed E-state index contributed by atoms with van der Waals surface area (Å²) in [6.45, 7) is 5.69. The van der Waals surface area contributed by atoms with Crippen LogP contribution in [0.2, 0.25) is 0 Å². The number of likely N-dealkylation sites (tertiary alicyclic amines) is 1. The highest BCUT2D eigenvalue weighted by molar-refractivity contribution is 7.26. The number of nitrogens with zero attached hydrogens (tertiary/aromatic N) is 3. The smallest absolute Gasteiger partial charge is 0.276 e. The molecular weight excluding hydrogens is 400 g/mol. The molecule has 0 unspecified atom stereocenters. The van der Waals surface area contributed by atoms with Crippen LogP contribution in [0, 0.1) is 6.92 Å². The summed E-state index contributed by atoms with van der Waals surface area (Å²) in [7, 11) is 0. The molecule has 1 saturated heterocycles. The number of fused-ring (bicyclic) bond motifs is 3. The van der Waals surface area contributed by atoms with Crippen LogP contribution in [-0.4, -0.2) is 46.1 Å². The molecule has 0 aliphatic carbocycles. The van der Waals surface area contributed by atoms with Gasteiger partial charge in [-0.1, -0.05) is 25.1 Å². The Kier molecular flexibility index (Phi) is 5.85. The molecule has 7 nitrogen and oxygen atoms in total. The molecule has 3 heterocycles. The van der Waals surface area contributed by atoms with E-state index >= 15 is 0 Å². The first kappa shape index (κ1) is 20.5. The Bertz CT molecular complexity index is 1170. The van der Waals surface area contributed by atoms with E-state index in [2.05, 4.69) is 10.4 Å². The molecule has 30 heavy (non-hydrogen) atoms. The third-order valence-corrected chi connectivity index (χ3v) is 6.94. The fourth-order valence-corrected chi connectivity index (χ4v) is 5.23. The number of rotatable bonds is 7. The predicted octanol–water partition coefficient (Wildman–Crippen LogP) is 3.00. The highest BCUT2D eigenvalue weighted by Crippen LogP contribution is 2.33. The number of thiophene rings is 1. The molecule has 0 spiro atoms. The van der Waals surface area contributed by atoms with E-state index in [0.717, 1.165) is 33.4 Å². The Balaban J connectivity index is 1.54. The minimum atomic E-state index is -0.660. The van der Waals surface area contributed by atoms with Crippen molar-refractivity contribution in [1.29, 1.82) is 0 Å². The maximum atomic E-state index is 13.3. The summed E-state index contributed by atoms with van der Waals surface area (Å²) in [5.41, 5.74) is 0.530. The molecule has 0 radical (unpaired) electrons. The van der Waals surface area contributed by atoms with Crippen LogP contribution in [0.25, 0.3) is 20.2 Å². The van der Waals surface area contributed by atoms with Gasteiger partial charge in [0.2, 0.25) is 11.8 Å². The van der Waals surface area contributed by atoms with Crippen molar-refractivity contribution in [2.75, 3.05) is 19.6 Å². The van der Waals surface area contributed by atoms with Gasteiger partial charge in [-0.2, -0.15) is 5.10 Å². The second kappa shape index (κ2) is 8.55. The van der Waals surface area contributed by atoms with Crippen molar-refractivity contribution in [1.82, 2.24) is 20.0 Å². The predicted molar refractivity (Wildman–Crippen MR) is 119 cm³/mol.